The number of aromatic amines is 1. The number of aromatic nitrogens is 3. The van der Waals surface area contributed by atoms with E-state index in [4.69, 9.17) is 0 Å². The van der Waals surface area contributed by atoms with Crippen LogP contribution < -0.4 is 16.2 Å². The maximum Gasteiger partial charge on any atom is 0.433 e. The second-order valence-electron chi connectivity index (χ2n) is 7.44. The number of para-hydroxylation sites is 2. The molecular weight excluding hydrogens is 451 g/mol. The third-order valence-electron chi connectivity index (χ3n) is 5.02. The van der Waals surface area contributed by atoms with Gasteiger partial charge in [-0.2, -0.15) is 17.7 Å². The predicted molar refractivity (Wildman–Crippen MR) is 120 cm³/mol. The molecule has 0 spiro atoms. The van der Waals surface area contributed by atoms with Crippen molar-refractivity contribution >= 4 is 28.8 Å². The molecule has 3 N–H and O–H groups in total. The summed E-state index contributed by atoms with van der Waals surface area (Å²) in [5.74, 6) is -1.26. The van der Waals surface area contributed by atoms with Crippen LogP contribution in [0.4, 0.5) is 24.5 Å². The molecule has 0 bridgehead atoms. The molecule has 8 nitrogen and oxygen atoms in total. The lowest BCUT2D eigenvalue weighted by Gasteiger charge is -2.12. The molecule has 4 aromatic rings. The average Bonchev–Trinajstić information content (AvgIpc) is 3.15. The van der Waals surface area contributed by atoms with Crippen molar-refractivity contribution in [2.45, 2.75) is 20.0 Å². The van der Waals surface area contributed by atoms with Gasteiger partial charge in [0, 0.05) is 6.92 Å². The van der Waals surface area contributed by atoms with Crippen LogP contribution in [0.2, 0.25) is 0 Å². The Morgan fingerprint density at radius 1 is 0.971 bits per heavy atom. The molecule has 0 unspecified atom stereocenters. The molecule has 0 saturated heterocycles. The number of carbonyl (C=O) groups is 2. The van der Waals surface area contributed by atoms with Gasteiger partial charge in [0.2, 0.25) is 5.91 Å². The molecular formula is C23H18F3N5O3. The molecule has 2 aromatic heterocycles. The molecule has 2 aromatic carbocycles. The topological polar surface area (TPSA) is 108 Å². The van der Waals surface area contributed by atoms with Gasteiger partial charge < -0.3 is 10.6 Å². The summed E-state index contributed by atoms with van der Waals surface area (Å²) < 4.78 is 42.1. The first-order chi connectivity index (χ1) is 16.1. The smallest absolute Gasteiger partial charge is 0.325 e. The van der Waals surface area contributed by atoms with Gasteiger partial charge in [0.25, 0.3) is 11.5 Å². The summed E-state index contributed by atoms with van der Waals surface area (Å²) in [5.41, 5.74) is -2.48. The first-order valence-corrected chi connectivity index (χ1v) is 10.0. The molecule has 2 heterocycles. The molecule has 0 atom stereocenters. The normalized spacial score (nSPS) is 11.4. The monoisotopic (exact) mass is 469 g/mol. The summed E-state index contributed by atoms with van der Waals surface area (Å²) >= 11 is 0. The summed E-state index contributed by atoms with van der Waals surface area (Å²) in [6, 6.07) is 14.0. The first-order valence-electron chi connectivity index (χ1n) is 10.0. The maximum absolute atomic E-state index is 13.8. The van der Waals surface area contributed by atoms with Crippen LogP contribution in [0.3, 0.4) is 0 Å². The van der Waals surface area contributed by atoms with Gasteiger partial charge in [-0.15, -0.1) is 0 Å². The number of hydrogen-bond donors (Lipinski definition) is 3. The number of alkyl halides is 3. The van der Waals surface area contributed by atoms with Crippen molar-refractivity contribution in [1.29, 1.82) is 0 Å². The fourth-order valence-electron chi connectivity index (χ4n) is 3.60. The van der Waals surface area contributed by atoms with Gasteiger partial charge in [0.05, 0.1) is 22.6 Å². The quantitative estimate of drug-likeness (QED) is 0.416. The Morgan fingerprint density at radius 2 is 1.56 bits per heavy atom. The lowest BCUT2D eigenvalue weighted by molar-refractivity contribution is -0.140. The number of H-pyrrole nitrogens is 1. The molecule has 4 rings (SSSR count). The van der Waals surface area contributed by atoms with E-state index in [0.717, 1.165) is 0 Å². The molecule has 0 aliphatic heterocycles. The Labute approximate surface area is 190 Å². The average molecular weight is 469 g/mol. The van der Waals surface area contributed by atoms with Crippen molar-refractivity contribution in [2.75, 3.05) is 10.6 Å². The predicted octanol–water partition coefficient (Wildman–Crippen LogP) is 4.23. The molecule has 0 radical (unpaired) electrons. The highest BCUT2D eigenvalue weighted by Crippen LogP contribution is 2.38. The van der Waals surface area contributed by atoms with Crippen molar-refractivity contribution in [3.05, 3.63) is 81.9 Å². The number of anilines is 2. The summed E-state index contributed by atoms with van der Waals surface area (Å²) in [6.45, 7) is 2.66. The number of nitrogens with zero attached hydrogens (tertiary/aromatic N) is 2. The number of rotatable bonds is 4. The van der Waals surface area contributed by atoms with Crippen LogP contribution in [0.25, 0.3) is 16.8 Å². The fourth-order valence-corrected chi connectivity index (χ4v) is 3.60. The van der Waals surface area contributed by atoms with E-state index in [-0.39, 0.29) is 34.1 Å². The molecule has 11 heteroatoms. The van der Waals surface area contributed by atoms with E-state index in [9.17, 15) is 27.6 Å². The van der Waals surface area contributed by atoms with Crippen LogP contribution in [0.15, 0.2) is 59.4 Å². The van der Waals surface area contributed by atoms with Crippen LogP contribution >= 0.6 is 0 Å². The van der Waals surface area contributed by atoms with Crippen LogP contribution in [0.1, 0.15) is 28.7 Å². The minimum atomic E-state index is -4.81. The molecule has 0 saturated carbocycles. The van der Waals surface area contributed by atoms with E-state index in [0.29, 0.717) is 10.2 Å². The van der Waals surface area contributed by atoms with Gasteiger partial charge in [-0.05, 0) is 24.6 Å². The Balaban J connectivity index is 1.86. The Hall–Kier alpha value is -4.41. The van der Waals surface area contributed by atoms with Gasteiger partial charge >= 0.3 is 6.18 Å². The summed E-state index contributed by atoms with van der Waals surface area (Å²) in [5, 5.41) is 7.14. The van der Waals surface area contributed by atoms with Crippen molar-refractivity contribution in [2.24, 2.45) is 0 Å². The maximum atomic E-state index is 13.8. The molecule has 0 aliphatic rings. The van der Waals surface area contributed by atoms with E-state index in [1.165, 1.54) is 32.0 Å². The second kappa shape index (κ2) is 8.50. The molecule has 34 heavy (non-hydrogen) atoms. The van der Waals surface area contributed by atoms with Gasteiger partial charge in [0.15, 0.2) is 5.65 Å². The van der Waals surface area contributed by atoms with Crippen molar-refractivity contribution in [1.82, 2.24) is 14.6 Å². The number of fused-ring (bicyclic) bond motifs is 1. The zero-order valence-corrected chi connectivity index (χ0v) is 17.9. The van der Waals surface area contributed by atoms with E-state index in [2.05, 4.69) is 20.7 Å². The largest absolute Gasteiger partial charge is 0.433 e. The summed E-state index contributed by atoms with van der Waals surface area (Å²) in [4.78, 5) is 41.8. The number of aryl methyl sites for hydroxylation is 1. The van der Waals surface area contributed by atoms with Crippen LogP contribution in [-0.4, -0.2) is 26.4 Å². The molecule has 0 fully saturated rings. The SMILES string of the molecule is CC(=O)Nc1ccccc1NC(=O)c1c(C)nc2c(-c3ccccc3)c(C(F)(F)F)[nH]n2c1=O. The van der Waals surface area contributed by atoms with Crippen LogP contribution in [-0.2, 0) is 11.0 Å². The zero-order chi connectivity index (χ0) is 24.6. The number of carbonyl (C=O) groups excluding carboxylic acids is 2. The van der Waals surface area contributed by atoms with E-state index in [1.807, 2.05) is 0 Å². The summed E-state index contributed by atoms with van der Waals surface area (Å²) in [7, 11) is 0. The van der Waals surface area contributed by atoms with Gasteiger partial charge in [-0.1, -0.05) is 42.5 Å². The third kappa shape index (κ3) is 4.15. The number of nitrogens with one attached hydrogen (secondary N) is 3. The van der Waals surface area contributed by atoms with Gasteiger partial charge in [-0.25, -0.2) is 4.98 Å². The lowest BCUT2D eigenvalue weighted by atomic mass is 10.1. The van der Waals surface area contributed by atoms with E-state index in [1.54, 1.807) is 36.4 Å². The minimum Gasteiger partial charge on any atom is -0.325 e. The van der Waals surface area contributed by atoms with Gasteiger partial charge in [-0.3, -0.25) is 19.5 Å². The lowest BCUT2D eigenvalue weighted by Crippen LogP contribution is -2.29. The highest BCUT2D eigenvalue weighted by molar-refractivity contribution is 6.07. The highest BCUT2D eigenvalue weighted by Gasteiger charge is 2.38. The highest BCUT2D eigenvalue weighted by atomic mass is 19.4. The fraction of sp³-hybridized carbons (Fsp3) is 0.130. The Morgan fingerprint density at radius 3 is 2.15 bits per heavy atom. The van der Waals surface area contributed by atoms with E-state index < -0.39 is 28.9 Å². The minimum absolute atomic E-state index is 0.0515. The van der Waals surface area contributed by atoms with Crippen LogP contribution in [0, 0.1) is 6.92 Å². The first kappa shape index (κ1) is 22.8. The number of amides is 2. The van der Waals surface area contributed by atoms with Crippen molar-refractivity contribution in [3.8, 4) is 11.1 Å². The number of benzene rings is 2. The van der Waals surface area contributed by atoms with E-state index >= 15 is 0 Å². The third-order valence-corrected chi connectivity index (χ3v) is 5.02. The second-order valence-corrected chi connectivity index (χ2v) is 7.44. The summed E-state index contributed by atoms with van der Waals surface area (Å²) in [6.07, 6.45) is -4.81. The van der Waals surface area contributed by atoms with Crippen molar-refractivity contribution < 1.29 is 22.8 Å². The number of halogens is 3. The van der Waals surface area contributed by atoms with Crippen molar-refractivity contribution in [3.63, 3.8) is 0 Å². The van der Waals surface area contributed by atoms with Gasteiger partial charge in [0.1, 0.15) is 11.3 Å². The standard InChI is InChI=1S/C23H18F3N5O3/c1-12-17(21(33)29-16-11-7-6-10-15(16)28-13(2)32)22(34)31-20(27-12)18(14-8-4-3-5-9-14)19(30-31)23(24,25)26/h3-11,30H,1-2H3,(H,28,32)(H,29,33). The number of hydrogen-bond acceptors (Lipinski definition) is 4. The molecule has 0 aliphatic carbocycles. The zero-order valence-electron chi connectivity index (χ0n) is 17.9. The Kier molecular flexibility index (Phi) is 5.70. The molecule has 2 amide bonds. The Bertz CT molecular complexity index is 1470. The van der Waals surface area contributed by atoms with Crippen LogP contribution in [0.5, 0.6) is 0 Å². The molecule has 174 valence electrons.